The maximum atomic E-state index is 13.7. The summed E-state index contributed by atoms with van der Waals surface area (Å²) in [5.41, 5.74) is 1.65. The number of nitrogens with zero attached hydrogens (tertiary/aromatic N) is 2. The lowest BCUT2D eigenvalue weighted by molar-refractivity contribution is 0.373. The Morgan fingerprint density at radius 2 is 2.00 bits per heavy atom. The normalized spacial score (nSPS) is 17.5. The van der Waals surface area contributed by atoms with Crippen LogP contribution in [0.25, 0.3) is 0 Å². The van der Waals surface area contributed by atoms with E-state index in [0.717, 1.165) is 42.8 Å². The second kappa shape index (κ2) is 8.09. The predicted octanol–water partition coefficient (Wildman–Crippen LogP) is 4.20. The van der Waals surface area contributed by atoms with Gasteiger partial charge in [0.1, 0.15) is 5.82 Å². The summed E-state index contributed by atoms with van der Waals surface area (Å²) in [6, 6.07) is 5.26. The van der Waals surface area contributed by atoms with Crippen molar-refractivity contribution in [2.24, 2.45) is 0 Å². The number of aryl methyl sites for hydroxylation is 1. The number of anilines is 1. The lowest BCUT2D eigenvalue weighted by Crippen LogP contribution is -2.19. The Bertz CT molecular complexity index is 785. The van der Waals surface area contributed by atoms with Crippen LogP contribution in [0.2, 0.25) is 0 Å². The van der Waals surface area contributed by atoms with Crippen molar-refractivity contribution in [1.29, 1.82) is 0 Å². The molecule has 0 spiro atoms. The SMILES string of the molecule is COc1cc(C(CNc2cnc(C)cn2)P2(=O)CCCCC2)ccc1O. The molecule has 1 aromatic carbocycles. The molecule has 0 saturated carbocycles. The monoisotopic (exact) mass is 375 g/mol. The third-order valence-corrected chi connectivity index (χ3v) is 8.75. The summed E-state index contributed by atoms with van der Waals surface area (Å²) in [4.78, 5) is 8.58. The minimum atomic E-state index is -2.39. The molecule has 1 fully saturated rings. The Morgan fingerprint density at radius 1 is 1.23 bits per heavy atom. The third-order valence-electron chi connectivity index (χ3n) is 4.99. The molecule has 6 nitrogen and oxygen atoms in total. The summed E-state index contributed by atoms with van der Waals surface area (Å²) in [5.74, 6) is 1.18. The molecule has 1 saturated heterocycles. The Kier molecular flexibility index (Phi) is 5.82. The van der Waals surface area contributed by atoms with Gasteiger partial charge in [-0.2, -0.15) is 0 Å². The molecule has 2 aromatic rings. The molecule has 0 bridgehead atoms. The van der Waals surface area contributed by atoms with Crippen LogP contribution in [-0.4, -0.2) is 41.1 Å². The number of phenolic OH excluding ortho intramolecular Hbond substituents is 1. The van der Waals surface area contributed by atoms with Crippen LogP contribution in [0.1, 0.15) is 36.2 Å². The van der Waals surface area contributed by atoms with Crippen LogP contribution in [0.4, 0.5) is 5.82 Å². The highest BCUT2D eigenvalue weighted by Gasteiger charge is 2.35. The Morgan fingerprint density at radius 3 is 2.65 bits per heavy atom. The lowest BCUT2D eigenvalue weighted by Gasteiger charge is -2.32. The Labute approximate surface area is 154 Å². The van der Waals surface area contributed by atoms with Gasteiger partial charge in [0.05, 0.1) is 38.0 Å². The largest absolute Gasteiger partial charge is 0.504 e. The molecule has 0 radical (unpaired) electrons. The summed E-state index contributed by atoms with van der Waals surface area (Å²) in [7, 11) is -0.861. The van der Waals surface area contributed by atoms with Crippen LogP contribution in [0.5, 0.6) is 11.5 Å². The first kappa shape index (κ1) is 18.7. The molecule has 1 aliphatic heterocycles. The molecule has 0 amide bonds. The van der Waals surface area contributed by atoms with E-state index >= 15 is 0 Å². The van der Waals surface area contributed by atoms with E-state index in [0.29, 0.717) is 18.1 Å². The molecule has 140 valence electrons. The molecule has 1 unspecified atom stereocenters. The van der Waals surface area contributed by atoms with Gasteiger partial charge in [-0.3, -0.25) is 4.98 Å². The van der Waals surface area contributed by atoms with Gasteiger partial charge in [-0.05, 0) is 37.5 Å². The molecule has 1 aliphatic rings. The van der Waals surface area contributed by atoms with Gasteiger partial charge in [-0.15, -0.1) is 0 Å². The van der Waals surface area contributed by atoms with Gasteiger partial charge < -0.3 is 19.7 Å². The fourth-order valence-electron chi connectivity index (χ4n) is 3.50. The van der Waals surface area contributed by atoms with Crippen molar-refractivity contribution in [3.05, 3.63) is 41.9 Å². The van der Waals surface area contributed by atoms with Crippen LogP contribution >= 0.6 is 7.14 Å². The van der Waals surface area contributed by atoms with E-state index in [1.54, 1.807) is 24.5 Å². The number of ether oxygens (including phenoxy) is 1. The van der Waals surface area contributed by atoms with Crippen molar-refractivity contribution in [2.45, 2.75) is 31.8 Å². The van der Waals surface area contributed by atoms with Crippen LogP contribution in [0.15, 0.2) is 30.6 Å². The van der Waals surface area contributed by atoms with Gasteiger partial charge in [0, 0.05) is 18.9 Å². The van der Waals surface area contributed by atoms with E-state index < -0.39 is 7.14 Å². The number of aromatic hydroxyl groups is 1. The molecule has 2 heterocycles. The zero-order valence-corrected chi connectivity index (χ0v) is 16.2. The number of rotatable bonds is 6. The number of phenols is 1. The zero-order valence-electron chi connectivity index (χ0n) is 15.3. The standard InChI is InChI=1S/C19H26N3O3P/c1-14-11-21-19(13-20-14)22-12-18(26(24)8-4-3-5-9-26)15-6-7-16(23)17(10-15)25-2/h6-7,10-11,13,18,23H,3-5,8-9,12H2,1-2H3,(H,21,22). The quantitative estimate of drug-likeness (QED) is 0.736. The van der Waals surface area contributed by atoms with Crippen LogP contribution in [-0.2, 0) is 4.57 Å². The lowest BCUT2D eigenvalue weighted by atomic mass is 10.1. The number of hydrogen-bond donors (Lipinski definition) is 2. The molecule has 3 rings (SSSR count). The topological polar surface area (TPSA) is 84.3 Å². The summed E-state index contributed by atoms with van der Waals surface area (Å²) < 4.78 is 19.0. The molecular formula is C19H26N3O3P. The Balaban J connectivity index is 1.88. The average molecular weight is 375 g/mol. The second-order valence-electron chi connectivity index (χ2n) is 6.83. The van der Waals surface area contributed by atoms with E-state index in [1.165, 1.54) is 7.11 Å². The molecule has 0 aliphatic carbocycles. The van der Waals surface area contributed by atoms with Gasteiger partial charge in [0.2, 0.25) is 0 Å². The van der Waals surface area contributed by atoms with E-state index in [-0.39, 0.29) is 11.4 Å². The number of aromatic nitrogens is 2. The number of methoxy groups -OCH3 is 1. The van der Waals surface area contributed by atoms with Crippen molar-refractivity contribution >= 4 is 13.0 Å². The molecular weight excluding hydrogens is 349 g/mol. The fraction of sp³-hybridized carbons (Fsp3) is 0.474. The molecule has 26 heavy (non-hydrogen) atoms. The fourth-order valence-corrected chi connectivity index (χ4v) is 6.99. The summed E-state index contributed by atoms with van der Waals surface area (Å²) in [5, 5.41) is 13.2. The van der Waals surface area contributed by atoms with Gasteiger partial charge >= 0.3 is 0 Å². The molecule has 1 aromatic heterocycles. The summed E-state index contributed by atoms with van der Waals surface area (Å²) in [6.07, 6.45) is 8.10. The molecule has 1 atom stereocenters. The highest BCUT2D eigenvalue weighted by Crippen LogP contribution is 2.62. The van der Waals surface area contributed by atoms with Crippen molar-refractivity contribution in [3.8, 4) is 11.5 Å². The van der Waals surface area contributed by atoms with Gasteiger partial charge in [-0.25, -0.2) is 4.98 Å². The first-order valence-electron chi connectivity index (χ1n) is 8.99. The van der Waals surface area contributed by atoms with E-state index in [1.807, 2.05) is 13.0 Å². The molecule has 2 N–H and O–H groups in total. The van der Waals surface area contributed by atoms with Crippen molar-refractivity contribution in [3.63, 3.8) is 0 Å². The van der Waals surface area contributed by atoms with Crippen molar-refractivity contribution in [2.75, 3.05) is 31.3 Å². The number of hydrogen-bond acceptors (Lipinski definition) is 6. The maximum absolute atomic E-state index is 13.7. The number of benzene rings is 1. The zero-order chi connectivity index (χ0) is 18.6. The van der Waals surface area contributed by atoms with Gasteiger partial charge in [0.25, 0.3) is 0 Å². The number of nitrogens with one attached hydrogen (secondary N) is 1. The second-order valence-corrected chi connectivity index (χ2v) is 10.3. The van der Waals surface area contributed by atoms with E-state index in [4.69, 9.17) is 4.74 Å². The van der Waals surface area contributed by atoms with E-state index in [9.17, 15) is 9.67 Å². The summed E-state index contributed by atoms with van der Waals surface area (Å²) in [6.45, 7) is 2.41. The minimum absolute atomic E-state index is 0.0919. The van der Waals surface area contributed by atoms with Crippen molar-refractivity contribution in [1.82, 2.24) is 9.97 Å². The summed E-state index contributed by atoms with van der Waals surface area (Å²) >= 11 is 0. The van der Waals surface area contributed by atoms with E-state index in [2.05, 4.69) is 15.3 Å². The molecule has 7 heteroatoms. The minimum Gasteiger partial charge on any atom is -0.504 e. The van der Waals surface area contributed by atoms with Crippen LogP contribution in [0.3, 0.4) is 0 Å². The Hall–Kier alpha value is -2.07. The van der Waals surface area contributed by atoms with Crippen LogP contribution in [0, 0.1) is 6.92 Å². The average Bonchev–Trinajstić information content (AvgIpc) is 2.65. The van der Waals surface area contributed by atoms with Crippen LogP contribution < -0.4 is 10.1 Å². The maximum Gasteiger partial charge on any atom is 0.160 e. The van der Waals surface area contributed by atoms with Crippen molar-refractivity contribution < 1.29 is 14.4 Å². The smallest absolute Gasteiger partial charge is 0.160 e. The van der Waals surface area contributed by atoms with Gasteiger partial charge in [-0.1, -0.05) is 12.5 Å². The van der Waals surface area contributed by atoms with Gasteiger partial charge in [0.15, 0.2) is 11.5 Å². The highest BCUT2D eigenvalue weighted by atomic mass is 31.2. The highest BCUT2D eigenvalue weighted by molar-refractivity contribution is 7.64. The first-order valence-corrected chi connectivity index (χ1v) is 11.1. The first-order chi connectivity index (χ1) is 12.5. The predicted molar refractivity (Wildman–Crippen MR) is 104 cm³/mol. The third kappa shape index (κ3) is 4.18.